The number of hydrogen-bond acceptors (Lipinski definition) is 5. The predicted molar refractivity (Wildman–Crippen MR) is 141 cm³/mol. The van der Waals surface area contributed by atoms with Crippen LogP contribution in [0.3, 0.4) is 0 Å². The highest BCUT2D eigenvalue weighted by Gasteiger charge is 2.47. The third-order valence-electron chi connectivity index (χ3n) is 5.93. The van der Waals surface area contributed by atoms with Gasteiger partial charge in [0.15, 0.2) is 0 Å². The van der Waals surface area contributed by atoms with Crippen LogP contribution >= 0.6 is 11.6 Å². The van der Waals surface area contributed by atoms with Gasteiger partial charge in [0.05, 0.1) is 30.4 Å². The molecule has 1 unspecified atom stereocenters. The van der Waals surface area contributed by atoms with Crippen molar-refractivity contribution in [3.63, 3.8) is 0 Å². The average molecular weight is 506 g/mol. The largest absolute Gasteiger partial charge is 0.507 e. The summed E-state index contributed by atoms with van der Waals surface area (Å²) < 4.78 is 11.0. The molecule has 1 atom stereocenters. The van der Waals surface area contributed by atoms with Crippen LogP contribution in [0.4, 0.5) is 5.69 Å². The predicted octanol–water partition coefficient (Wildman–Crippen LogP) is 6.32. The minimum atomic E-state index is -0.852. The van der Waals surface area contributed by atoms with Crippen LogP contribution in [0.5, 0.6) is 11.5 Å². The van der Waals surface area contributed by atoms with Crippen molar-refractivity contribution in [3.05, 3.63) is 94.0 Å². The zero-order chi connectivity index (χ0) is 26.0. The number of Topliss-reactive ketones (excluding diaryl/α,β-unsaturated/α-hetero) is 1. The van der Waals surface area contributed by atoms with Crippen molar-refractivity contribution in [2.45, 2.75) is 26.8 Å². The van der Waals surface area contributed by atoms with E-state index in [0.717, 1.165) is 5.56 Å². The number of halogens is 1. The number of nitrogens with zero attached hydrogens (tertiary/aromatic N) is 1. The number of benzene rings is 3. The van der Waals surface area contributed by atoms with Crippen LogP contribution in [0.25, 0.3) is 5.76 Å². The highest BCUT2D eigenvalue weighted by molar-refractivity contribution is 6.52. The van der Waals surface area contributed by atoms with Gasteiger partial charge in [-0.1, -0.05) is 55.3 Å². The number of amides is 1. The van der Waals surface area contributed by atoms with E-state index in [1.165, 1.54) is 12.0 Å². The molecule has 1 amide bonds. The SMILES string of the molecule is COc1ccc(Cl)c(/C(O)=C2\C(=O)C(=O)N(c3ccc(OCC(C)C)cc3)C2c2cccc(C)c2)c1. The summed E-state index contributed by atoms with van der Waals surface area (Å²) in [6.07, 6.45) is 0. The molecule has 36 heavy (non-hydrogen) atoms. The Kier molecular flexibility index (Phi) is 7.36. The lowest BCUT2D eigenvalue weighted by atomic mass is 9.94. The van der Waals surface area contributed by atoms with E-state index in [0.29, 0.717) is 35.3 Å². The molecule has 186 valence electrons. The molecule has 1 aliphatic heterocycles. The van der Waals surface area contributed by atoms with Crippen molar-refractivity contribution in [2.24, 2.45) is 5.92 Å². The number of carbonyl (C=O) groups excluding carboxylic acids is 2. The molecular formula is C29H28ClNO5. The van der Waals surface area contributed by atoms with Crippen LogP contribution in [0, 0.1) is 12.8 Å². The van der Waals surface area contributed by atoms with E-state index in [1.54, 1.807) is 42.5 Å². The lowest BCUT2D eigenvalue weighted by Gasteiger charge is -2.26. The summed E-state index contributed by atoms with van der Waals surface area (Å²) in [6.45, 7) is 6.61. The molecule has 1 saturated heterocycles. The van der Waals surface area contributed by atoms with Crippen LogP contribution in [0.2, 0.25) is 5.02 Å². The zero-order valence-electron chi connectivity index (χ0n) is 20.6. The van der Waals surface area contributed by atoms with Gasteiger partial charge >= 0.3 is 0 Å². The highest BCUT2D eigenvalue weighted by Crippen LogP contribution is 2.43. The third kappa shape index (κ3) is 4.95. The molecule has 0 bridgehead atoms. The first-order valence-corrected chi connectivity index (χ1v) is 12.0. The summed E-state index contributed by atoms with van der Waals surface area (Å²) in [5.41, 5.74) is 2.33. The maximum absolute atomic E-state index is 13.4. The Balaban J connectivity index is 1.86. The fraction of sp³-hybridized carbons (Fsp3) is 0.241. The van der Waals surface area contributed by atoms with Gasteiger partial charge in [0.1, 0.15) is 17.3 Å². The summed E-state index contributed by atoms with van der Waals surface area (Å²) in [5, 5.41) is 11.6. The molecular weight excluding hydrogens is 478 g/mol. The molecule has 0 aromatic heterocycles. The van der Waals surface area contributed by atoms with E-state index in [-0.39, 0.29) is 21.9 Å². The van der Waals surface area contributed by atoms with Crippen LogP contribution in [-0.4, -0.2) is 30.5 Å². The summed E-state index contributed by atoms with van der Waals surface area (Å²) >= 11 is 6.38. The zero-order valence-corrected chi connectivity index (χ0v) is 21.4. The van der Waals surface area contributed by atoms with Crippen LogP contribution in [0.15, 0.2) is 72.3 Å². The Morgan fingerprint density at radius 1 is 1.03 bits per heavy atom. The molecule has 0 aliphatic carbocycles. The van der Waals surface area contributed by atoms with E-state index >= 15 is 0 Å². The molecule has 0 saturated carbocycles. The standard InChI is InChI=1S/C29H28ClNO5/c1-17(2)16-36-21-10-8-20(9-11-21)31-26(19-7-5-6-18(3)14-19)25(28(33)29(31)34)27(32)23-15-22(35-4)12-13-24(23)30/h5-15,17,26,32H,16H2,1-4H3/b27-25+. The van der Waals surface area contributed by atoms with E-state index in [2.05, 4.69) is 13.8 Å². The smallest absolute Gasteiger partial charge is 0.300 e. The van der Waals surface area contributed by atoms with E-state index in [1.807, 2.05) is 31.2 Å². The number of methoxy groups -OCH3 is 1. The highest BCUT2D eigenvalue weighted by atomic mass is 35.5. The van der Waals surface area contributed by atoms with Gasteiger partial charge in [-0.2, -0.15) is 0 Å². The van der Waals surface area contributed by atoms with Gasteiger partial charge in [0, 0.05) is 11.3 Å². The first-order chi connectivity index (χ1) is 17.2. The van der Waals surface area contributed by atoms with Gasteiger partial charge in [-0.3, -0.25) is 14.5 Å². The Hall–Kier alpha value is -3.77. The van der Waals surface area contributed by atoms with Gasteiger partial charge in [0.25, 0.3) is 11.7 Å². The third-order valence-corrected chi connectivity index (χ3v) is 6.26. The first kappa shape index (κ1) is 25.3. The Morgan fingerprint density at radius 3 is 2.36 bits per heavy atom. The number of carbonyl (C=O) groups is 2. The van der Waals surface area contributed by atoms with Crippen molar-refractivity contribution in [2.75, 3.05) is 18.6 Å². The number of hydrogen-bond donors (Lipinski definition) is 1. The van der Waals surface area contributed by atoms with Crippen molar-refractivity contribution < 1.29 is 24.2 Å². The van der Waals surface area contributed by atoms with Crippen LogP contribution in [0.1, 0.15) is 36.6 Å². The number of aryl methyl sites for hydroxylation is 1. The number of aliphatic hydroxyl groups excluding tert-OH is 1. The topological polar surface area (TPSA) is 76.1 Å². The lowest BCUT2D eigenvalue weighted by Crippen LogP contribution is -2.29. The van der Waals surface area contributed by atoms with Gasteiger partial charge in [-0.05, 0) is 60.9 Å². The normalized spacial score (nSPS) is 17.1. The fourth-order valence-electron chi connectivity index (χ4n) is 4.18. The summed E-state index contributed by atoms with van der Waals surface area (Å²) in [5.74, 6) is -0.398. The lowest BCUT2D eigenvalue weighted by molar-refractivity contribution is -0.132. The van der Waals surface area contributed by atoms with Gasteiger partial charge in [-0.25, -0.2) is 0 Å². The number of anilines is 1. The average Bonchev–Trinajstić information content (AvgIpc) is 3.13. The van der Waals surface area contributed by atoms with E-state index in [4.69, 9.17) is 21.1 Å². The molecule has 3 aromatic carbocycles. The van der Waals surface area contributed by atoms with Crippen molar-refractivity contribution in [1.82, 2.24) is 0 Å². The maximum Gasteiger partial charge on any atom is 0.300 e. The Morgan fingerprint density at radius 2 is 1.72 bits per heavy atom. The van der Waals surface area contributed by atoms with E-state index in [9.17, 15) is 14.7 Å². The van der Waals surface area contributed by atoms with Gasteiger partial charge in [-0.15, -0.1) is 0 Å². The minimum absolute atomic E-state index is 0.0408. The second-order valence-corrected chi connectivity index (χ2v) is 9.53. The van der Waals surface area contributed by atoms with Gasteiger partial charge in [0.2, 0.25) is 0 Å². The summed E-state index contributed by atoms with van der Waals surface area (Å²) in [7, 11) is 1.49. The molecule has 0 radical (unpaired) electrons. The number of ketones is 1. The second-order valence-electron chi connectivity index (χ2n) is 9.13. The molecule has 3 aromatic rings. The van der Waals surface area contributed by atoms with Crippen molar-refractivity contribution >= 4 is 34.7 Å². The number of ether oxygens (including phenoxy) is 2. The summed E-state index contributed by atoms with van der Waals surface area (Å²) in [6, 6.07) is 18.4. The molecule has 7 heteroatoms. The Bertz CT molecular complexity index is 1330. The number of rotatable bonds is 7. The molecule has 4 rings (SSSR count). The summed E-state index contributed by atoms with van der Waals surface area (Å²) in [4.78, 5) is 28.2. The molecule has 0 spiro atoms. The fourth-order valence-corrected chi connectivity index (χ4v) is 4.39. The molecule has 1 heterocycles. The molecule has 1 aliphatic rings. The van der Waals surface area contributed by atoms with Gasteiger partial charge < -0.3 is 14.6 Å². The monoisotopic (exact) mass is 505 g/mol. The number of aliphatic hydroxyl groups is 1. The van der Waals surface area contributed by atoms with Crippen molar-refractivity contribution in [3.8, 4) is 11.5 Å². The Labute approximate surface area is 215 Å². The van der Waals surface area contributed by atoms with Crippen LogP contribution < -0.4 is 14.4 Å². The van der Waals surface area contributed by atoms with Crippen LogP contribution in [-0.2, 0) is 9.59 Å². The second kappa shape index (κ2) is 10.5. The van der Waals surface area contributed by atoms with E-state index < -0.39 is 17.7 Å². The molecule has 1 fully saturated rings. The minimum Gasteiger partial charge on any atom is -0.507 e. The molecule has 6 nitrogen and oxygen atoms in total. The molecule has 1 N–H and O–H groups in total. The van der Waals surface area contributed by atoms with Crippen molar-refractivity contribution in [1.29, 1.82) is 0 Å². The quantitative estimate of drug-likeness (QED) is 0.231. The first-order valence-electron chi connectivity index (χ1n) is 11.7. The maximum atomic E-state index is 13.4.